The number of ketones is 1. The summed E-state index contributed by atoms with van der Waals surface area (Å²) in [5.41, 5.74) is 1.85. The number of nitrogens with one attached hydrogen (secondary N) is 1. The highest BCUT2D eigenvalue weighted by molar-refractivity contribution is 6.46. The number of carbonyl (C=O) groups is 3. The first-order valence-corrected chi connectivity index (χ1v) is 12.9. The fourth-order valence-electron chi connectivity index (χ4n) is 5.21. The van der Waals surface area contributed by atoms with Crippen LogP contribution < -0.4 is 9.47 Å². The second kappa shape index (κ2) is 11.9. The average molecular weight is 542 g/mol. The number of rotatable bonds is 9. The summed E-state index contributed by atoms with van der Waals surface area (Å²) in [6.07, 6.45) is 0. The predicted molar refractivity (Wildman–Crippen MR) is 142 cm³/mol. The molecule has 2 aliphatic heterocycles. The molecule has 1 unspecified atom stereocenters. The van der Waals surface area contributed by atoms with Gasteiger partial charge in [-0.25, -0.2) is 4.79 Å². The minimum absolute atomic E-state index is 0.0604. The van der Waals surface area contributed by atoms with Crippen molar-refractivity contribution in [2.75, 3.05) is 60.2 Å². The van der Waals surface area contributed by atoms with E-state index in [0.717, 1.165) is 13.1 Å². The van der Waals surface area contributed by atoms with Crippen LogP contribution in [0.25, 0.3) is 5.76 Å². The van der Waals surface area contributed by atoms with Crippen molar-refractivity contribution >= 4 is 23.4 Å². The van der Waals surface area contributed by atoms with E-state index in [4.69, 9.17) is 18.9 Å². The number of hydrogen-bond donors (Lipinski definition) is 2. The number of nitrogens with zero attached hydrogens (tertiary/aromatic N) is 2. The summed E-state index contributed by atoms with van der Waals surface area (Å²) >= 11 is 0. The Kier molecular flexibility index (Phi) is 8.61. The number of esters is 1. The molecule has 1 atom stereocenters. The molecule has 1 aromatic carbocycles. The third kappa shape index (κ3) is 5.37. The van der Waals surface area contributed by atoms with E-state index in [1.165, 1.54) is 19.1 Å². The Morgan fingerprint density at radius 3 is 2.49 bits per heavy atom. The molecule has 0 spiro atoms. The zero-order valence-electron chi connectivity index (χ0n) is 23.0. The lowest BCUT2D eigenvalue weighted by molar-refractivity contribution is -0.140. The fourth-order valence-corrected chi connectivity index (χ4v) is 5.21. The highest BCUT2D eigenvalue weighted by Crippen LogP contribution is 2.43. The molecule has 3 heterocycles. The van der Waals surface area contributed by atoms with Gasteiger partial charge in [0.2, 0.25) is 0 Å². The number of ether oxygens (including phenoxy) is 4. The molecule has 1 aromatic heterocycles. The highest BCUT2D eigenvalue weighted by atomic mass is 16.5. The van der Waals surface area contributed by atoms with E-state index >= 15 is 0 Å². The Bertz CT molecular complexity index is 1290. The third-order valence-corrected chi connectivity index (χ3v) is 7.17. The van der Waals surface area contributed by atoms with Crippen molar-refractivity contribution in [2.24, 2.45) is 0 Å². The van der Waals surface area contributed by atoms with E-state index in [2.05, 4.69) is 9.88 Å². The van der Waals surface area contributed by atoms with Gasteiger partial charge in [-0.05, 0) is 44.0 Å². The van der Waals surface area contributed by atoms with Gasteiger partial charge in [-0.3, -0.25) is 14.5 Å². The molecule has 11 heteroatoms. The van der Waals surface area contributed by atoms with Crippen molar-refractivity contribution in [2.45, 2.75) is 26.8 Å². The summed E-state index contributed by atoms with van der Waals surface area (Å²) in [7, 11) is 2.77. The van der Waals surface area contributed by atoms with Crippen LogP contribution in [0.4, 0.5) is 0 Å². The van der Waals surface area contributed by atoms with Crippen molar-refractivity contribution < 1.29 is 38.4 Å². The average Bonchev–Trinajstić information content (AvgIpc) is 3.38. The quantitative estimate of drug-likeness (QED) is 0.213. The van der Waals surface area contributed by atoms with Gasteiger partial charge in [0.15, 0.2) is 11.5 Å². The van der Waals surface area contributed by atoms with Gasteiger partial charge in [-0.15, -0.1) is 0 Å². The summed E-state index contributed by atoms with van der Waals surface area (Å²) < 4.78 is 21.5. The maximum atomic E-state index is 13.5. The second-order valence-electron chi connectivity index (χ2n) is 9.41. The standard InChI is InChI=1S/C28H35N3O8/c1-6-39-19-8-7-18(15-20(19)36-4)24-22(25(32)21-16(2)23(28(35)37-5)29-17(21)3)26(33)27(34)31(24)10-9-30-11-13-38-14-12-30/h7-8,15,24,29,32H,6,9-14H2,1-5H3/b25-22+. The number of aliphatic hydroxyl groups is 1. The van der Waals surface area contributed by atoms with Crippen LogP contribution in [0.1, 0.15) is 45.8 Å². The molecule has 4 rings (SSSR count). The Morgan fingerprint density at radius 2 is 1.85 bits per heavy atom. The van der Waals surface area contributed by atoms with Gasteiger partial charge in [-0.1, -0.05) is 6.07 Å². The molecular formula is C28H35N3O8. The van der Waals surface area contributed by atoms with Crippen molar-refractivity contribution in [1.82, 2.24) is 14.8 Å². The normalized spacial score (nSPS) is 19.4. The number of aliphatic hydroxyl groups excluding tert-OH is 1. The van der Waals surface area contributed by atoms with Crippen molar-refractivity contribution in [3.63, 3.8) is 0 Å². The topological polar surface area (TPSA) is 131 Å². The number of aromatic amines is 1. The molecule has 2 saturated heterocycles. The molecule has 0 aliphatic carbocycles. The van der Waals surface area contributed by atoms with Crippen LogP contribution in [-0.4, -0.2) is 97.8 Å². The highest BCUT2D eigenvalue weighted by Gasteiger charge is 2.46. The molecule has 0 saturated carbocycles. The first-order chi connectivity index (χ1) is 18.7. The van der Waals surface area contributed by atoms with E-state index in [1.54, 1.807) is 32.0 Å². The van der Waals surface area contributed by atoms with Crippen LogP contribution in [0.2, 0.25) is 0 Å². The SMILES string of the molecule is CCOc1ccc(C2/C(=C(\O)c3c(C)[nH]c(C(=O)OC)c3C)C(=O)C(=O)N2CCN2CCOCC2)cc1OC. The molecule has 0 bridgehead atoms. The van der Waals surface area contributed by atoms with E-state index in [1.807, 2.05) is 6.92 Å². The van der Waals surface area contributed by atoms with Crippen molar-refractivity contribution in [3.05, 3.63) is 51.9 Å². The molecular weight excluding hydrogens is 506 g/mol. The van der Waals surface area contributed by atoms with Crippen LogP contribution in [0, 0.1) is 13.8 Å². The summed E-state index contributed by atoms with van der Waals surface area (Å²) in [5.74, 6) is -1.51. The molecule has 2 fully saturated rings. The second-order valence-corrected chi connectivity index (χ2v) is 9.41. The zero-order valence-corrected chi connectivity index (χ0v) is 23.0. The lowest BCUT2D eigenvalue weighted by Crippen LogP contribution is -2.42. The summed E-state index contributed by atoms with van der Waals surface area (Å²) in [5, 5.41) is 11.6. The van der Waals surface area contributed by atoms with Crippen LogP contribution in [0.15, 0.2) is 23.8 Å². The van der Waals surface area contributed by atoms with Crippen LogP contribution in [0.3, 0.4) is 0 Å². The van der Waals surface area contributed by atoms with Gasteiger partial charge in [0.05, 0.1) is 45.7 Å². The molecule has 0 radical (unpaired) electrons. The number of benzene rings is 1. The van der Waals surface area contributed by atoms with Crippen LogP contribution in [-0.2, 0) is 19.1 Å². The minimum Gasteiger partial charge on any atom is -0.507 e. The Balaban J connectivity index is 1.84. The molecule has 2 aliphatic rings. The molecule has 210 valence electrons. The number of morpholine rings is 1. The van der Waals surface area contributed by atoms with Gasteiger partial charge < -0.3 is 33.9 Å². The lowest BCUT2D eigenvalue weighted by Gasteiger charge is -2.31. The number of aryl methyl sites for hydroxylation is 1. The largest absolute Gasteiger partial charge is 0.507 e. The summed E-state index contributed by atoms with van der Waals surface area (Å²) in [6, 6.07) is 4.32. The van der Waals surface area contributed by atoms with Crippen LogP contribution >= 0.6 is 0 Å². The summed E-state index contributed by atoms with van der Waals surface area (Å²) in [6.45, 7) is 9.08. The van der Waals surface area contributed by atoms with Crippen molar-refractivity contribution in [3.8, 4) is 11.5 Å². The van der Waals surface area contributed by atoms with Gasteiger partial charge in [0.25, 0.3) is 11.7 Å². The Morgan fingerprint density at radius 1 is 1.13 bits per heavy atom. The first-order valence-electron chi connectivity index (χ1n) is 12.9. The summed E-state index contributed by atoms with van der Waals surface area (Å²) in [4.78, 5) is 45.8. The molecule has 2 N–H and O–H groups in total. The van der Waals surface area contributed by atoms with Crippen molar-refractivity contribution in [1.29, 1.82) is 0 Å². The maximum Gasteiger partial charge on any atom is 0.354 e. The molecule has 11 nitrogen and oxygen atoms in total. The third-order valence-electron chi connectivity index (χ3n) is 7.17. The maximum absolute atomic E-state index is 13.5. The Hall–Kier alpha value is -3.83. The van der Waals surface area contributed by atoms with E-state index < -0.39 is 23.7 Å². The van der Waals surface area contributed by atoms with Gasteiger partial charge in [0, 0.05) is 37.4 Å². The van der Waals surface area contributed by atoms with Gasteiger partial charge in [-0.2, -0.15) is 0 Å². The zero-order chi connectivity index (χ0) is 28.3. The number of aromatic nitrogens is 1. The smallest absolute Gasteiger partial charge is 0.354 e. The van der Waals surface area contributed by atoms with Crippen LogP contribution in [0.5, 0.6) is 11.5 Å². The number of carbonyl (C=O) groups excluding carboxylic acids is 3. The lowest BCUT2D eigenvalue weighted by atomic mass is 9.93. The molecule has 39 heavy (non-hydrogen) atoms. The minimum atomic E-state index is -0.883. The van der Waals surface area contributed by atoms with E-state index in [9.17, 15) is 19.5 Å². The monoisotopic (exact) mass is 541 g/mol. The number of hydrogen-bond acceptors (Lipinski definition) is 9. The number of H-pyrrole nitrogens is 1. The van der Waals surface area contributed by atoms with E-state index in [0.29, 0.717) is 54.7 Å². The number of likely N-dealkylation sites (tertiary alicyclic amines) is 1. The molecule has 2 aromatic rings. The fraction of sp³-hybridized carbons (Fsp3) is 0.464. The number of amides is 1. The van der Waals surface area contributed by atoms with Gasteiger partial charge >= 0.3 is 5.97 Å². The predicted octanol–water partition coefficient (Wildman–Crippen LogP) is 2.58. The molecule has 1 amide bonds. The number of Topliss-reactive ketones (excluding diaryl/α,β-unsaturated/α-hetero) is 1. The number of methoxy groups -OCH3 is 2. The Labute approximate surface area is 227 Å². The first kappa shape index (κ1) is 28.2. The van der Waals surface area contributed by atoms with E-state index in [-0.39, 0.29) is 29.1 Å². The van der Waals surface area contributed by atoms with Gasteiger partial charge in [0.1, 0.15) is 11.5 Å².